The Morgan fingerprint density at radius 2 is 2.00 bits per heavy atom. The van der Waals surface area contributed by atoms with Crippen LogP contribution < -0.4 is 4.74 Å². The van der Waals surface area contributed by atoms with Crippen LogP contribution in [0.2, 0.25) is 0 Å². The van der Waals surface area contributed by atoms with E-state index in [0.717, 1.165) is 36.5 Å². The van der Waals surface area contributed by atoms with E-state index in [4.69, 9.17) is 4.74 Å². The Bertz CT molecular complexity index is 441. The molecule has 0 bridgehead atoms. The number of rotatable bonds is 8. The second-order valence-electron chi connectivity index (χ2n) is 5.53. The molecule has 0 aromatic heterocycles. The third-order valence-electron chi connectivity index (χ3n) is 3.23. The van der Waals surface area contributed by atoms with E-state index in [1.54, 1.807) is 6.92 Å². The fraction of sp³-hybridized carbons (Fsp3) is 0.588. The van der Waals surface area contributed by atoms with Crippen LogP contribution in [0.4, 0.5) is 0 Å². The predicted octanol–water partition coefficient (Wildman–Crippen LogP) is 3.77. The molecule has 0 atom stereocenters. The molecule has 0 aliphatic rings. The quantitative estimate of drug-likeness (QED) is 0.677. The summed E-state index contributed by atoms with van der Waals surface area (Å²) in [5.41, 5.74) is 1.85. The number of carbonyl (C=O) groups excluding carboxylic acids is 1. The first kappa shape index (κ1) is 16.7. The van der Waals surface area contributed by atoms with Crippen LogP contribution in [0, 0.1) is 5.92 Å². The number of carbonyl (C=O) groups is 1. The minimum atomic E-state index is 0.0983. The molecule has 0 amide bonds. The molecule has 20 heavy (non-hydrogen) atoms. The Kier molecular flexibility index (Phi) is 6.73. The molecule has 0 aliphatic heterocycles. The average molecular weight is 277 g/mol. The summed E-state index contributed by atoms with van der Waals surface area (Å²) < 4.78 is 5.68. The summed E-state index contributed by atoms with van der Waals surface area (Å²) in [6.45, 7) is 13.7. The first-order chi connectivity index (χ1) is 9.47. The second-order valence-corrected chi connectivity index (χ2v) is 5.53. The zero-order chi connectivity index (χ0) is 15.1. The van der Waals surface area contributed by atoms with Gasteiger partial charge in [0.15, 0.2) is 5.78 Å². The molecule has 3 nitrogen and oxygen atoms in total. The van der Waals surface area contributed by atoms with E-state index in [1.807, 2.05) is 25.1 Å². The van der Waals surface area contributed by atoms with Gasteiger partial charge in [0.25, 0.3) is 0 Å². The largest absolute Gasteiger partial charge is 0.494 e. The molecule has 0 aliphatic carbocycles. The predicted molar refractivity (Wildman–Crippen MR) is 83.4 cm³/mol. The topological polar surface area (TPSA) is 29.5 Å². The summed E-state index contributed by atoms with van der Waals surface area (Å²) in [5.74, 6) is 1.61. The molecule has 0 spiro atoms. The normalized spacial score (nSPS) is 11.2. The Balaban J connectivity index is 2.98. The highest BCUT2D eigenvalue weighted by atomic mass is 16.5. The van der Waals surface area contributed by atoms with Gasteiger partial charge in [-0.2, -0.15) is 0 Å². The van der Waals surface area contributed by atoms with Gasteiger partial charge in [0.2, 0.25) is 0 Å². The van der Waals surface area contributed by atoms with E-state index >= 15 is 0 Å². The molecule has 112 valence electrons. The van der Waals surface area contributed by atoms with E-state index < -0.39 is 0 Å². The molecule has 1 aromatic rings. The summed E-state index contributed by atoms with van der Waals surface area (Å²) in [4.78, 5) is 13.9. The minimum absolute atomic E-state index is 0.0983. The number of Topliss-reactive ketones (excluding diaryl/α,β-unsaturated/α-hetero) is 1. The maximum Gasteiger partial charge on any atom is 0.159 e. The fourth-order valence-corrected chi connectivity index (χ4v) is 2.28. The van der Waals surface area contributed by atoms with Gasteiger partial charge in [-0.3, -0.25) is 9.69 Å². The monoisotopic (exact) mass is 277 g/mol. The molecule has 1 aromatic carbocycles. The lowest BCUT2D eigenvalue weighted by molar-refractivity contribution is 0.101. The summed E-state index contributed by atoms with van der Waals surface area (Å²) in [5, 5.41) is 0. The molecule has 0 saturated carbocycles. The van der Waals surface area contributed by atoms with Crippen LogP contribution in [0.25, 0.3) is 0 Å². The first-order valence-corrected chi connectivity index (χ1v) is 7.46. The third-order valence-corrected chi connectivity index (χ3v) is 3.23. The van der Waals surface area contributed by atoms with Crippen molar-refractivity contribution in [2.75, 3.05) is 19.7 Å². The van der Waals surface area contributed by atoms with Gasteiger partial charge in [-0.05, 0) is 44.5 Å². The van der Waals surface area contributed by atoms with Gasteiger partial charge in [-0.15, -0.1) is 0 Å². The van der Waals surface area contributed by atoms with E-state index in [0.29, 0.717) is 12.5 Å². The van der Waals surface area contributed by atoms with Crippen molar-refractivity contribution in [2.24, 2.45) is 5.92 Å². The van der Waals surface area contributed by atoms with Crippen molar-refractivity contribution in [3.63, 3.8) is 0 Å². The molecule has 3 heteroatoms. The number of benzene rings is 1. The number of hydrogen-bond acceptors (Lipinski definition) is 3. The van der Waals surface area contributed by atoms with Crippen LogP contribution in [0.5, 0.6) is 5.75 Å². The van der Waals surface area contributed by atoms with Crippen molar-refractivity contribution in [1.82, 2.24) is 4.90 Å². The van der Waals surface area contributed by atoms with Crippen molar-refractivity contribution in [3.05, 3.63) is 29.3 Å². The molecule has 0 fully saturated rings. The Morgan fingerprint density at radius 3 is 2.50 bits per heavy atom. The van der Waals surface area contributed by atoms with Crippen LogP contribution in [-0.2, 0) is 6.54 Å². The lowest BCUT2D eigenvalue weighted by atomic mass is 10.1. The van der Waals surface area contributed by atoms with Gasteiger partial charge in [-0.25, -0.2) is 0 Å². The molecular formula is C17H27NO2. The molecule has 1 rings (SSSR count). The Hall–Kier alpha value is -1.35. The van der Waals surface area contributed by atoms with Gasteiger partial charge in [0.1, 0.15) is 5.75 Å². The maximum absolute atomic E-state index is 11.5. The van der Waals surface area contributed by atoms with Gasteiger partial charge in [0.05, 0.1) is 6.61 Å². The van der Waals surface area contributed by atoms with E-state index in [1.165, 1.54) is 0 Å². The van der Waals surface area contributed by atoms with Crippen LogP contribution in [-0.4, -0.2) is 30.4 Å². The SMILES string of the molecule is CCOc1ccc(C(C)=O)cc1CN(CC)CC(C)C. The summed E-state index contributed by atoms with van der Waals surface area (Å²) in [6, 6.07) is 5.73. The van der Waals surface area contributed by atoms with Crippen molar-refractivity contribution in [3.8, 4) is 5.75 Å². The zero-order valence-electron chi connectivity index (χ0n) is 13.4. The highest BCUT2D eigenvalue weighted by Gasteiger charge is 2.12. The Labute approximate surface area is 122 Å². The van der Waals surface area contributed by atoms with Crippen LogP contribution in [0.15, 0.2) is 18.2 Å². The van der Waals surface area contributed by atoms with E-state index in [9.17, 15) is 4.79 Å². The second kappa shape index (κ2) is 8.05. The molecule has 0 heterocycles. The number of hydrogen-bond donors (Lipinski definition) is 0. The average Bonchev–Trinajstić information content (AvgIpc) is 2.39. The molecule has 0 unspecified atom stereocenters. The fourth-order valence-electron chi connectivity index (χ4n) is 2.28. The first-order valence-electron chi connectivity index (χ1n) is 7.46. The van der Waals surface area contributed by atoms with Crippen LogP contribution in [0.1, 0.15) is 50.5 Å². The zero-order valence-corrected chi connectivity index (χ0v) is 13.4. The van der Waals surface area contributed by atoms with Crippen molar-refractivity contribution < 1.29 is 9.53 Å². The van der Waals surface area contributed by atoms with Gasteiger partial charge in [-0.1, -0.05) is 20.8 Å². The maximum atomic E-state index is 11.5. The molecule has 0 saturated heterocycles. The smallest absolute Gasteiger partial charge is 0.159 e. The molecule has 0 radical (unpaired) electrons. The van der Waals surface area contributed by atoms with E-state index in [-0.39, 0.29) is 5.78 Å². The minimum Gasteiger partial charge on any atom is -0.494 e. The van der Waals surface area contributed by atoms with Gasteiger partial charge >= 0.3 is 0 Å². The van der Waals surface area contributed by atoms with Crippen molar-refractivity contribution in [2.45, 2.75) is 41.2 Å². The summed E-state index contributed by atoms with van der Waals surface area (Å²) in [7, 11) is 0. The number of nitrogens with zero attached hydrogens (tertiary/aromatic N) is 1. The van der Waals surface area contributed by atoms with Crippen molar-refractivity contribution in [1.29, 1.82) is 0 Å². The lowest BCUT2D eigenvalue weighted by Gasteiger charge is -2.24. The highest BCUT2D eigenvalue weighted by molar-refractivity contribution is 5.94. The highest BCUT2D eigenvalue weighted by Crippen LogP contribution is 2.23. The summed E-state index contributed by atoms with van der Waals surface area (Å²) in [6.07, 6.45) is 0. The number of ketones is 1. The van der Waals surface area contributed by atoms with Crippen molar-refractivity contribution >= 4 is 5.78 Å². The summed E-state index contributed by atoms with van der Waals surface area (Å²) >= 11 is 0. The standard InChI is InChI=1S/C17H27NO2/c1-6-18(11-13(3)4)12-16-10-15(14(5)19)8-9-17(16)20-7-2/h8-10,13H,6-7,11-12H2,1-5H3. The van der Waals surface area contributed by atoms with Crippen LogP contribution in [0.3, 0.4) is 0 Å². The van der Waals surface area contributed by atoms with Gasteiger partial charge in [0, 0.05) is 24.2 Å². The third kappa shape index (κ3) is 4.97. The Morgan fingerprint density at radius 1 is 1.30 bits per heavy atom. The van der Waals surface area contributed by atoms with Crippen LogP contribution >= 0.6 is 0 Å². The number of ether oxygens (including phenoxy) is 1. The van der Waals surface area contributed by atoms with Gasteiger partial charge < -0.3 is 4.74 Å². The lowest BCUT2D eigenvalue weighted by Crippen LogP contribution is -2.27. The molecule has 0 N–H and O–H groups in total. The van der Waals surface area contributed by atoms with E-state index in [2.05, 4.69) is 25.7 Å². The molecular weight excluding hydrogens is 250 g/mol.